The van der Waals surface area contributed by atoms with E-state index in [1.165, 1.54) is 12.1 Å². The highest BCUT2D eigenvalue weighted by atomic mass is 32.1. The Balaban J connectivity index is 1.58. The average molecular weight is 458 g/mol. The van der Waals surface area contributed by atoms with Crippen LogP contribution in [0.25, 0.3) is 10.2 Å². The number of nitrogens with one attached hydrogen (secondary N) is 1. The number of aromatic nitrogens is 1. The van der Waals surface area contributed by atoms with E-state index in [1.807, 2.05) is 42.9 Å². The van der Waals surface area contributed by atoms with Crippen LogP contribution in [0, 0.1) is 5.82 Å². The largest absolute Gasteiger partial charge is 0.379 e. The molecule has 170 valence electrons. The van der Waals surface area contributed by atoms with Gasteiger partial charge in [-0.25, -0.2) is 4.39 Å². The molecule has 4 rings (SSSR count). The van der Waals surface area contributed by atoms with Crippen LogP contribution in [0.3, 0.4) is 0 Å². The van der Waals surface area contributed by atoms with E-state index in [0.717, 1.165) is 15.8 Å². The third-order valence-electron chi connectivity index (χ3n) is 5.86. The summed E-state index contributed by atoms with van der Waals surface area (Å²) in [4.78, 5) is 29.6. The summed E-state index contributed by atoms with van der Waals surface area (Å²) in [6.07, 6.45) is 0.751. The van der Waals surface area contributed by atoms with Crippen molar-refractivity contribution in [3.8, 4) is 0 Å². The minimum absolute atomic E-state index is 0.112. The lowest BCUT2D eigenvalue weighted by Crippen LogP contribution is -2.64. The fourth-order valence-electron chi connectivity index (χ4n) is 4.12. The second-order valence-corrected chi connectivity index (χ2v) is 9.50. The summed E-state index contributed by atoms with van der Waals surface area (Å²) in [5, 5.41) is 5.96. The van der Waals surface area contributed by atoms with E-state index < -0.39 is 5.54 Å². The van der Waals surface area contributed by atoms with Crippen LogP contribution in [0.2, 0.25) is 0 Å². The van der Waals surface area contributed by atoms with Crippen molar-refractivity contribution in [2.24, 2.45) is 0 Å². The van der Waals surface area contributed by atoms with Gasteiger partial charge in [-0.3, -0.25) is 9.59 Å². The Bertz CT molecular complexity index is 1120. The first-order chi connectivity index (χ1) is 15.3. The zero-order valence-electron chi connectivity index (χ0n) is 18.6. The first-order valence-corrected chi connectivity index (χ1v) is 11.7. The summed E-state index contributed by atoms with van der Waals surface area (Å²) >= 11 is 1.57. The van der Waals surface area contributed by atoms with Gasteiger partial charge >= 0.3 is 0 Å². The molecule has 0 saturated heterocycles. The van der Waals surface area contributed by atoms with E-state index in [2.05, 4.69) is 5.32 Å². The Kier molecular flexibility index (Phi) is 6.35. The first kappa shape index (κ1) is 22.5. The van der Waals surface area contributed by atoms with E-state index in [9.17, 15) is 14.0 Å². The van der Waals surface area contributed by atoms with Crippen LogP contribution in [-0.4, -0.2) is 46.1 Å². The molecule has 2 aromatic heterocycles. The molecule has 0 radical (unpaired) electrons. The molecule has 1 aromatic carbocycles. The van der Waals surface area contributed by atoms with Crippen LogP contribution in [0.1, 0.15) is 43.2 Å². The van der Waals surface area contributed by atoms with Gasteiger partial charge in [0, 0.05) is 25.1 Å². The minimum atomic E-state index is -1.06. The van der Waals surface area contributed by atoms with Crippen LogP contribution < -0.4 is 5.32 Å². The monoisotopic (exact) mass is 457 g/mol. The molecule has 0 bridgehead atoms. The second-order valence-electron chi connectivity index (χ2n) is 8.61. The normalized spacial score (nSPS) is 18.4. The fraction of sp³-hybridized carbons (Fsp3) is 0.417. The number of ether oxygens (including phenoxy) is 1. The molecule has 0 spiro atoms. The lowest BCUT2D eigenvalue weighted by atomic mass is 9.94. The molecule has 6 nitrogen and oxygen atoms in total. The Morgan fingerprint density at radius 3 is 2.75 bits per heavy atom. The van der Waals surface area contributed by atoms with Crippen LogP contribution in [0.15, 0.2) is 41.8 Å². The lowest BCUT2D eigenvalue weighted by Gasteiger charge is -2.44. The van der Waals surface area contributed by atoms with Crippen LogP contribution in [0.5, 0.6) is 0 Å². The van der Waals surface area contributed by atoms with Crippen LogP contribution >= 0.6 is 11.3 Å². The molecule has 1 N–H and O–H groups in total. The molecule has 2 amide bonds. The molecule has 0 unspecified atom stereocenters. The quantitative estimate of drug-likeness (QED) is 0.516. The number of carbonyl (C=O) groups excluding carboxylic acids is 2. The van der Waals surface area contributed by atoms with E-state index in [-0.39, 0.29) is 30.3 Å². The number of rotatable bonds is 8. The number of hydrogen-bond donors (Lipinski definition) is 1. The highest BCUT2D eigenvalue weighted by Gasteiger charge is 2.47. The van der Waals surface area contributed by atoms with Crippen LogP contribution in [-0.2, 0) is 22.6 Å². The van der Waals surface area contributed by atoms with Gasteiger partial charge in [0.05, 0.1) is 12.6 Å². The molecule has 0 saturated carbocycles. The number of fused-ring (bicyclic) bond motifs is 3. The smallest absolute Gasteiger partial charge is 0.271 e. The third-order valence-corrected chi connectivity index (χ3v) is 6.81. The van der Waals surface area contributed by atoms with Gasteiger partial charge in [0.2, 0.25) is 5.91 Å². The first-order valence-electron chi connectivity index (χ1n) is 10.8. The molecule has 1 atom stereocenters. The van der Waals surface area contributed by atoms with Crippen molar-refractivity contribution >= 4 is 33.4 Å². The Labute approximate surface area is 191 Å². The van der Waals surface area contributed by atoms with Gasteiger partial charge in [0.1, 0.15) is 21.9 Å². The predicted octanol–water partition coefficient (Wildman–Crippen LogP) is 4.19. The van der Waals surface area contributed by atoms with E-state index >= 15 is 0 Å². The van der Waals surface area contributed by atoms with Crippen molar-refractivity contribution in [3.63, 3.8) is 0 Å². The molecule has 32 heavy (non-hydrogen) atoms. The summed E-state index contributed by atoms with van der Waals surface area (Å²) in [6.45, 7) is 7.34. The average Bonchev–Trinajstić information content (AvgIpc) is 3.34. The fourth-order valence-corrected chi connectivity index (χ4v) is 5.02. The maximum atomic E-state index is 13.5. The Hall–Kier alpha value is -2.71. The highest BCUT2D eigenvalue weighted by molar-refractivity contribution is 7.16. The minimum Gasteiger partial charge on any atom is -0.379 e. The molecule has 3 heterocycles. The SMILES string of the molecule is CC(C)OCCCN1C(=O)c2cc3ccsc3n2C[C@]1(C)C(=O)NCc1ccc(F)cc1. The third kappa shape index (κ3) is 4.29. The van der Waals surface area contributed by atoms with E-state index in [1.54, 1.807) is 28.4 Å². The molecule has 1 aliphatic heterocycles. The number of carbonyl (C=O) groups is 2. The van der Waals surface area contributed by atoms with Crippen molar-refractivity contribution in [2.75, 3.05) is 13.2 Å². The molecule has 1 aliphatic rings. The predicted molar refractivity (Wildman–Crippen MR) is 123 cm³/mol. The topological polar surface area (TPSA) is 63.6 Å². The molecular weight excluding hydrogens is 429 g/mol. The summed E-state index contributed by atoms with van der Waals surface area (Å²) in [5.74, 6) is -0.701. The van der Waals surface area contributed by atoms with Crippen molar-refractivity contribution in [2.45, 2.75) is 51.9 Å². The molecule has 3 aromatic rings. The van der Waals surface area contributed by atoms with Crippen LogP contribution in [0.4, 0.5) is 4.39 Å². The van der Waals surface area contributed by atoms with Gasteiger partial charge in [-0.05, 0) is 62.4 Å². The zero-order valence-corrected chi connectivity index (χ0v) is 19.4. The maximum absolute atomic E-state index is 13.5. The summed E-state index contributed by atoms with van der Waals surface area (Å²) in [7, 11) is 0. The number of thiophene rings is 1. The maximum Gasteiger partial charge on any atom is 0.271 e. The Morgan fingerprint density at radius 1 is 1.28 bits per heavy atom. The molecular formula is C24H28FN3O3S. The second kappa shape index (κ2) is 9.03. The van der Waals surface area contributed by atoms with E-state index in [4.69, 9.17) is 4.74 Å². The molecule has 0 fully saturated rings. The Morgan fingerprint density at radius 2 is 2.03 bits per heavy atom. The zero-order chi connectivity index (χ0) is 22.9. The van der Waals surface area contributed by atoms with Gasteiger partial charge in [-0.15, -0.1) is 11.3 Å². The van der Waals surface area contributed by atoms with Crippen molar-refractivity contribution < 1.29 is 18.7 Å². The summed E-state index contributed by atoms with van der Waals surface area (Å²) in [5.41, 5.74) is 0.350. The standard InChI is InChI=1S/C24H28FN3O3S/c1-16(2)31-11-4-10-28-21(29)20-13-18-9-12-32-22(18)27(20)15-24(28,3)23(30)26-14-17-5-7-19(25)8-6-17/h5-9,12-13,16H,4,10-11,14-15H2,1-3H3,(H,26,30)/t24-/m1/s1. The number of halogens is 1. The highest BCUT2D eigenvalue weighted by Crippen LogP contribution is 2.34. The van der Waals surface area contributed by atoms with Crippen molar-refractivity contribution in [1.82, 2.24) is 14.8 Å². The summed E-state index contributed by atoms with van der Waals surface area (Å²) < 4.78 is 20.8. The number of nitrogens with zero attached hydrogens (tertiary/aromatic N) is 2. The number of benzene rings is 1. The number of hydrogen-bond acceptors (Lipinski definition) is 4. The summed E-state index contributed by atoms with van der Waals surface area (Å²) in [6, 6.07) is 9.92. The van der Waals surface area contributed by atoms with Crippen molar-refractivity contribution in [3.05, 3.63) is 58.9 Å². The van der Waals surface area contributed by atoms with Gasteiger partial charge in [-0.1, -0.05) is 12.1 Å². The van der Waals surface area contributed by atoms with Gasteiger partial charge in [0.25, 0.3) is 5.91 Å². The van der Waals surface area contributed by atoms with Crippen molar-refractivity contribution in [1.29, 1.82) is 0 Å². The van der Waals surface area contributed by atoms with Gasteiger partial charge in [0.15, 0.2) is 0 Å². The lowest BCUT2D eigenvalue weighted by molar-refractivity contribution is -0.133. The van der Waals surface area contributed by atoms with E-state index in [0.29, 0.717) is 31.8 Å². The number of amides is 2. The van der Waals surface area contributed by atoms with Gasteiger partial charge < -0.3 is 19.5 Å². The molecule has 0 aliphatic carbocycles. The van der Waals surface area contributed by atoms with Gasteiger partial charge in [-0.2, -0.15) is 0 Å². The molecule has 8 heteroatoms.